The Kier molecular flexibility index (Phi) is 8.65. The van der Waals surface area contributed by atoms with Crippen LogP contribution in [0.15, 0.2) is 48.5 Å². The Morgan fingerprint density at radius 2 is 1.84 bits per heavy atom. The third-order valence-corrected chi connectivity index (χ3v) is 7.33. The van der Waals surface area contributed by atoms with Crippen molar-refractivity contribution in [1.29, 1.82) is 0 Å². The van der Waals surface area contributed by atoms with Gasteiger partial charge in [0.15, 0.2) is 0 Å². The van der Waals surface area contributed by atoms with E-state index >= 15 is 0 Å². The quantitative estimate of drug-likeness (QED) is 0.356. The number of carbonyl (C=O) groups is 2. The number of benzene rings is 2. The zero-order valence-electron chi connectivity index (χ0n) is 22.1. The molecular formula is C28H33Cl2N5O3. The Balaban J connectivity index is 1.52. The number of likely N-dealkylation sites (tertiary alicyclic amines) is 1. The van der Waals surface area contributed by atoms with Crippen molar-refractivity contribution in [1.82, 2.24) is 14.7 Å². The first kappa shape index (κ1) is 28.0. The molecule has 1 atom stereocenters. The lowest BCUT2D eigenvalue weighted by Gasteiger charge is -2.24. The van der Waals surface area contributed by atoms with Crippen molar-refractivity contribution in [2.24, 2.45) is 0 Å². The Morgan fingerprint density at radius 3 is 2.53 bits per heavy atom. The molecule has 38 heavy (non-hydrogen) atoms. The number of nitrogens with one attached hydrogen (secondary N) is 2. The average molecular weight is 559 g/mol. The first-order valence-electron chi connectivity index (χ1n) is 12.6. The number of amides is 3. The van der Waals surface area contributed by atoms with E-state index in [1.807, 2.05) is 35.2 Å². The van der Waals surface area contributed by atoms with E-state index in [-0.39, 0.29) is 22.4 Å². The summed E-state index contributed by atoms with van der Waals surface area (Å²) >= 11 is 12.3. The predicted molar refractivity (Wildman–Crippen MR) is 152 cm³/mol. The molecule has 1 saturated heterocycles. The van der Waals surface area contributed by atoms with E-state index in [4.69, 9.17) is 33.0 Å². The highest BCUT2D eigenvalue weighted by Gasteiger charge is 2.28. The molecule has 1 aliphatic heterocycles. The van der Waals surface area contributed by atoms with Gasteiger partial charge in [-0.1, -0.05) is 62.2 Å². The second-order valence-corrected chi connectivity index (χ2v) is 11.2. The molecule has 1 aliphatic rings. The number of hydrogen-bond donors (Lipinski definition) is 2. The Hall–Kier alpha value is -3.07. The summed E-state index contributed by atoms with van der Waals surface area (Å²) in [4.78, 5) is 27.7. The second-order valence-electron chi connectivity index (χ2n) is 10.4. The molecule has 1 aromatic heterocycles. The lowest BCUT2D eigenvalue weighted by Crippen LogP contribution is -2.39. The maximum atomic E-state index is 12.9. The summed E-state index contributed by atoms with van der Waals surface area (Å²) in [5.74, 6) is 0.596. The summed E-state index contributed by atoms with van der Waals surface area (Å²) < 4.78 is 6.96. The maximum Gasteiger partial charge on any atom is 0.324 e. The zero-order chi connectivity index (χ0) is 27.4. The number of urea groups is 1. The lowest BCUT2D eigenvalue weighted by molar-refractivity contribution is -0.132. The molecule has 0 saturated carbocycles. The minimum Gasteiger partial charge on any atom is -0.383 e. The predicted octanol–water partition coefficient (Wildman–Crippen LogP) is 6.30. The van der Waals surface area contributed by atoms with Crippen LogP contribution >= 0.6 is 23.2 Å². The van der Waals surface area contributed by atoms with Crippen molar-refractivity contribution < 1.29 is 14.3 Å². The van der Waals surface area contributed by atoms with Crippen molar-refractivity contribution in [3.8, 4) is 5.69 Å². The number of ether oxygens (including phenoxy) is 1. The molecule has 10 heteroatoms. The minimum absolute atomic E-state index is 0.102. The molecule has 1 fully saturated rings. The number of hydrogen-bond acceptors (Lipinski definition) is 4. The molecule has 2 aromatic carbocycles. The summed E-state index contributed by atoms with van der Waals surface area (Å²) in [7, 11) is 1.67. The van der Waals surface area contributed by atoms with Crippen molar-refractivity contribution in [3.63, 3.8) is 0 Å². The number of halogens is 2. The highest BCUT2D eigenvalue weighted by atomic mass is 35.5. The molecule has 3 amide bonds. The van der Waals surface area contributed by atoms with Crippen LogP contribution < -0.4 is 10.6 Å². The molecule has 2 N–H and O–H groups in total. The Labute approximate surface area is 233 Å². The van der Waals surface area contributed by atoms with E-state index in [0.29, 0.717) is 29.6 Å². The molecule has 8 nitrogen and oxygen atoms in total. The van der Waals surface area contributed by atoms with Gasteiger partial charge in [-0.05, 0) is 42.7 Å². The van der Waals surface area contributed by atoms with Crippen molar-refractivity contribution in [2.75, 3.05) is 30.9 Å². The lowest BCUT2D eigenvalue weighted by atomic mass is 9.92. The molecule has 2 heterocycles. The number of methoxy groups -OCH3 is 1. The molecule has 202 valence electrons. The summed E-state index contributed by atoms with van der Waals surface area (Å²) in [5.41, 5.74) is 2.64. The molecular weight excluding hydrogens is 525 g/mol. The average Bonchev–Trinajstić information content (AvgIpc) is 3.50. The van der Waals surface area contributed by atoms with Gasteiger partial charge < -0.3 is 15.0 Å². The molecule has 0 aliphatic carbocycles. The van der Waals surface area contributed by atoms with E-state index in [0.717, 1.165) is 36.3 Å². The number of rotatable bonds is 7. The molecule has 4 rings (SSSR count). The van der Waals surface area contributed by atoms with Gasteiger partial charge in [-0.3, -0.25) is 10.1 Å². The van der Waals surface area contributed by atoms with Gasteiger partial charge in [-0.15, -0.1) is 0 Å². The molecule has 3 aromatic rings. The van der Waals surface area contributed by atoms with Gasteiger partial charge in [-0.25, -0.2) is 9.48 Å². The first-order valence-corrected chi connectivity index (χ1v) is 13.3. The number of nitrogens with zero attached hydrogens (tertiary/aromatic N) is 3. The smallest absolute Gasteiger partial charge is 0.324 e. The minimum atomic E-state index is -0.478. The Morgan fingerprint density at radius 1 is 1.11 bits per heavy atom. The van der Waals surface area contributed by atoms with Crippen LogP contribution in [0, 0.1) is 0 Å². The zero-order valence-corrected chi connectivity index (χ0v) is 23.6. The monoisotopic (exact) mass is 557 g/mol. The molecule has 0 spiro atoms. The summed E-state index contributed by atoms with van der Waals surface area (Å²) in [5, 5.41) is 11.0. The standard InChI is InChI=1S/C28H33Cl2N5O3/c1-28(2,3)23-16-24(32-27(37)31-22-9-5-8-21(29)26(22)30)35(33-23)19-12-10-18(11-13-19)15-25(36)34-14-6-7-20(34)17-38-4/h5,8-13,16,20H,6-7,14-15,17H2,1-4H3,(H2,31,32,37)/t20-/m1/s1. The fourth-order valence-electron chi connectivity index (χ4n) is 4.46. The second kappa shape index (κ2) is 11.8. The van der Waals surface area contributed by atoms with Crippen LogP contribution in [0.5, 0.6) is 0 Å². The highest BCUT2D eigenvalue weighted by molar-refractivity contribution is 6.44. The van der Waals surface area contributed by atoms with Gasteiger partial charge in [0.05, 0.1) is 46.2 Å². The third kappa shape index (κ3) is 6.49. The van der Waals surface area contributed by atoms with Crippen LogP contribution in [-0.2, 0) is 21.4 Å². The summed E-state index contributed by atoms with van der Waals surface area (Å²) in [6.07, 6.45) is 2.29. The summed E-state index contributed by atoms with van der Waals surface area (Å²) in [6, 6.07) is 14.2. The number of carbonyl (C=O) groups excluding carboxylic acids is 2. The van der Waals surface area contributed by atoms with Crippen molar-refractivity contribution in [2.45, 2.75) is 51.5 Å². The number of anilines is 2. The van der Waals surface area contributed by atoms with Gasteiger partial charge in [0.2, 0.25) is 5.91 Å². The number of aromatic nitrogens is 2. The first-order chi connectivity index (χ1) is 18.1. The van der Waals surface area contributed by atoms with Crippen LogP contribution in [0.4, 0.5) is 16.3 Å². The van der Waals surface area contributed by atoms with Crippen LogP contribution in [0.25, 0.3) is 5.69 Å². The fraction of sp³-hybridized carbons (Fsp3) is 0.393. The van der Waals surface area contributed by atoms with Crippen LogP contribution in [0.1, 0.15) is 44.9 Å². The largest absolute Gasteiger partial charge is 0.383 e. The van der Waals surface area contributed by atoms with Gasteiger partial charge in [-0.2, -0.15) is 5.10 Å². The topological polar surface area (TPSA) is 88.5 Å². The third-order valence-electron chi connectivity index (χ3n) is 6.51. The van der Waals surface area contributed by atoms with Crippen LogP contribution in [-0.4, -0.2) is 52.9 Å². The van der Waals surface area contributed by atoms with Gasteiger partial charge in [0.1, 0.15) is 5.82 Å². The van der Waals surface area contributed by atoms with Crippen molar-refractivity contribution >= 4 is 46.6 Å². The van der Waals surface area contributed by atoms with E-state index in [9.17, 15) is 9.59 Å². The normalized spacial score (nSPS) is 15.5. The van der Waals surface area contributed by atoms with Crippen LogP contribution in [0.3, 0.4) is 0 Å². The molecule has 0 unspecified atom stereocenters. The fourth-order valence-corrected chi connectivity index (χ4v) is 4.81. The molecule has 0 radical (unpaired) electrons. The van der Waals surface area contributed by atoms with E-state index < -0.39 is 6.03 Å². The van der Waals surface area contributed by atoms with Gasteiger partial charge >= 0.3 is 6.03 Å². The maximum absolute atomic E-state index is 12.9. The van der Waals surface area contributed by atoms with Crippen LogP contribution in [0.2, 0.25) is 10.0 Å². The van der Waals surface area contributed by atoms with Crippen molar-refractivity contribution in [3.05, 3.63) is 69.8 Å². The van der Waals surface area contributed by atoms with E-state index in [1.54, 1.807) is 30.0 Å². The van der Waals surface area contributed by atoms with E-state index in [2.05, 4.69) is 31.4 Å². The summed E-state index contributed by atoms with van der Waals surface area (Å²) in [6.45, 7) is 7.50. The SMILES string of the molecule is COC[C@H]1CCCN1C(=O)Cc1ccc(-n2nc(C(C)(C)C)cc2NC(=O)Nc2cccc(Cl)c2Cl)cc1. The van der Waals surface area contributed by atoms with Gasteiger partial charge in [0.25, 0.3) is 0 Å². The Bertz CT molecular complexity index is 1300. The van der Waals surface area contributed by atoms with Gasteiger partial charge in [0, 0.05) is 25.1 Å². The molecule has 0 bridgehead atoms. The van der Waals surface area contributed by atoms with E-state index in [1.165, 1.54) is 0 Å². The highest BCUT2D eigenvalue weighted by Crippen LogP contribution is 2.30.